The van der Waals surface area contributed by atoms with Crippen LogP contribution in [0.3, 0.4) is 0 Å². The maximum Gasteiger partial charge on any atom is 0.118 e. The average Bonchev–Trinajstić information content (AvgIpc) is 4.10. The van der Waals surface area contributed by atoms with Gasteiger partial charge in [-0.05, 0) is 119 Å². The largest absolute Gasteiger partial charge is 0.497 e. The number of hydrogen-bond acceptors (Lipinski definition) is 6. The number of benzene rings is 4. The number of methoxy groups -OCH3 is 4. The predicted molar refractivity (Wildman–Crippen MR) is 236 cm³/mol. The summed E-state index contributed by atoms with van der Waals surface area (Å²) in [5.41, 5.74) is 15.5. The normalized spacial score (nSPS) is 11.8. The summed E-state index contributed by atoms with van der Waals surface area (Å²) in [6.07, 6.45) is 8.50. The fourth-order valence-corrected chi connectivity index (χ4v) is 8.05. The van der Waals surface area contributed by atoms with Gasteiger partial charge in [-0.25, -0.2) is 9.97 Å². The van der Waals surface area contributed by atoms with E-state index in [0.717, 1.165) is 112 Å². The van der Waals surface area contributed by atoms with E-state index in [0.29, 0.717) is 0 Å². The van der Waals surface area contributed by atoms with Crippen LogP contribution < -0.4 is 18.9 Å². The molecule has 2 aliphatic rings. The summed E-state index contributed by atoms with van der Waals surface area (Å²) < 4.78 is 26.8. The van der Waals surface area contributed by atoms with Crippen molar-refractivity contribution in [2.24, 2.45) is 14.1 Å². The van der Waals surface area contributed by atoms with Crippen LogP contribution in [-0.4, -0.2) is 47.5 Å². The summed E-state index contributed by atoms with van der Waals surface area (Å²) in [6.45, 7) is 0. The van der Waals surface area contributed by atoms with E-state index in [2.05, 4.69) is 120 Å². The highest BCUT2D eigenvalue weighted by molar-refractivity contribution is 6.00. The van der Waals surface area contributed by atoms with Crippen molar-refractivity contribution in [2.75, 3.05) is 28.4 Å². The van der Waals surface area contributed by atoms with Crippen LogP contribution in [0.25, 0.3) is 90.9 Å². The highest BCUT2D eigenvalue weighted by Crippen LogP contribution is 2.40. The standard InChI is InChI=1S/C50H42N4O4/c1-53-43-27-28-44(53)48(32-9-17-36(56-4)18-10-32)40-24-26-42(52-40)50(34-13-21-38(58-6)22-14-34)46-30-29-45(54(46)2)49(33-11-19-37(57-5)20-12-33)41-25-23-39(51-41)47(43)31-7-15-35(55-3)16-8-31/h7-30H,1-6H3. The first-order valence-electron chi connectivity index (χ1n) is 19.1. The Kier molecular flexibility index (Phi) is 9.38. The number of aromatic nitrogens is 4. The Morgan fingerprint density at radius 2 is 0.517 bits per heavy atom. The van der Waals surface area contributed by atoms with Crippen molar-refractivity contribution < 1.29 is 18.9 Å². The summed E-state index contributed by atoms with van der Waals surface area (Å²) in [6, 6.07) is 41.5. The van der Waals surface area contributed by atoms with Crippen molar-refractivity contribution in [1.82, 2.24) is 19.1 Å². The van der Waals surface area contributed by atoms with Crippen molar-refractivity contribution in [2.45, 2.75) is 0 Å². The third-order valence-electron chi connectivity index (χ3n) is 11.1. The van der Waals surface area contributed by atoms with Gasteiger partial charge in [0, 0.05) is 36.3 Å². The van der Waals surface area contributed by atoms with Crippen molar-refractivity contribution in [3.05, 3.63) is 144 Å². The van der Waals surface area contributed by atoms with Gasteiger partial charge in [0.2, 0.25) is 0 Å². The molecular weight excluding hydrogens is 721 g/mol. The zero-order chi connectivity index (χ0) is 39.9. The van der Waals surface area contributed by atoms with Gasteiger partial charge in [-0.1, -0.05) is 48.5 Å². The van der Waals surface area contributed by atoms with Crippen LogP contribution in [0.1, 0.15) is 22.8 Å². The van der Waals surface area contributed by atoms with Crippen LogP contribution in [0.5, 0.6) is 23.0 Å². The van der Waals surface area contributed by atoms with E-state index >= 15 is 0 Å². The highest BCUT2D eigenvalue weighted by atomic mass is 16.5. The van der Waals surface area contributed by atoms with Crippen LogP contribution in [0, 0.1) is 0 Å². The van der Waals surface area contributed by atoms with Crippen molar-refractivity contribution >= 4 is 46.4 Å². The second kappa shape index (κ2) is 15.0. The lowest BCUT2D eigenvalue weighted by molar-refractivity contribution is 0.415. The molecule has 7 aromatic rings. The quantitative estimate of drug-likeness (QED) is 0.153. The summed E-state index contributed by atoms with van der Waals surface area (Å²) in [5.74, 6) is 3.15. The zero-order valence-electron chi connectivity index (χ0n) is 33.3. The number of nitrogens with zero attached hydrogens (tertiary/aromatic N) is 4. The molecule has 2 aliphatic heterocycles. The lowest BCUT2D eigenvalue weighted by atomic mass is 10.0. The summed E-state index contributed by atoms with van der Waals surface area (Å²) in [4.78, 5) is 11.0. The lowest BCUT2D eigenvalue weighted by Crippen LogP contribution is -1.96. The van der Waals surface area contributed by atoms with Crippen LogP contribution in [0.15, 0.2) is 121 Å². The van der Waals surface area contributed by atoms with Gasteiger partial charge in [-0.2, -0.15) is 0 Å². The zero-order valence-corrected chi connectivity index (χ0v) is 33.3. The third-order valence-corrected chi connectivity index (χ3v) is 11.1. The van der Waals surface area contributed by atoms with Crippen molar-refractivity contribution in [3.8, 4) is 67.5 Å². The Morgan fingerprint density at radius 1 is 0.310 bits per heavy atom. The van der Waals surface area contributed by atoms with Gasteiger partial charge in [-0.3, -0.25) is 0 Å². The maximum atomic E-state index is 5.57. The first-order valence-corrected chi connectivity index (χ1v) is 19.1. The molecule has 0 spiro atoms. The van der Waals surface area contributed by atoms with Crippen LogP contribution in [0.4, 0.5) is 0 Å². The van der Waals surface area contributed by atoms with Crippen molar-refractivity contribution in [1.29, 1.82) is 0 Å². The third kappa shape index (κ3) is 6.29. The minimum atomic E-state index is 0.787. The Morgan fingerprint density at radius 3 is 0.707 bits per heavy atom. The second-order valence-corrected chi connectivity index (χ2v) is 14.2. The molecule has 286 valence electrons. The molecule has 0 radical (unpaired) electrons. The van der Waals surface area contributed by atoms with Gasteiger partial charge in [0.15, 0.2) is 0 Å². The number of aryl methyl sites for hydroxylation is 2. The van der Waals surface area contributed by atoms with E-state index < -0.39 is 0 Å². The van der Waals surface area contributed by atoms with Gasteiger partial charge >= 0.3 is 0 Å². The molecule has 4 aromatic carbocycles. The summed E-state index contributed by atoms with van der Waals surface area (Å²) in [5, 5.41) is 0. The van der Waals surface area contributed by atoms with Gasteiger partial charge in [0.1, 0.15) is 23.0 Å². The fourth-order valence-electron chi connectivity index (χ4n) is 8.05. The minimum Gasteiger partial charge on any atom is -0.497 e. The van der Waals surface area contributed by atoms with E-state index in [4.69, 9.17) is 28.9 Å². The maximum absolute atomic E-state index is 5.57. The van der Waals surface area contributed by atoms with E-state index in [1.54, 1.807) is 28.4 Å². The molecule has 8 bridgehead atoms. The van der Waals surface area contributed by atoms with E-state index in [9.17, 15) is 0 Å². The van der Waals surface area contributed by atoms with E-state index in [-0.39, 0.29) is 0 Å². The van der Waals surface area contributed by atoms with Crippen LogP contribution in [0.2, 0.25) is 0 Å². The predicted octanol–water partition coefficient (Wildman–Crippen LogP) is 11.4. The molecule has 0 saturated heterocycles. The molecule has 0 atom stereocenters. The molecule has 8 nitrogen and oxygen atoms in total. The van der Waals surface area contributed by atoms with E-state index in [1.807, 2.05) is 48.5 Å². The lowest BCUT2D eigenvalue weighted by Gasteiger charge is -2.12. The van der Waals surface area contributed by atoms with Crippen LogP contribution >= 0.6 is 0 Å². The molecule has 9 rings (SSSR count). The molecule has 0 saturated carbocycles. The number of rotatable bonds is 8. The molecule has 0 unspecified atom stereocenters. The number of ether oxygens (including phenoxy) is 4. The molecule has 3 aromatic heterocycles. The summed E-state index contributed by atoms with van der Waals surface area (Å²) >= 11 is 0. The molecule has 0 aliphatic carbocycles. The molecule has 5 heterocycles. The average molecular weight is 763 g/mol. The smallest absolute Gasteiger partial charge is 0.118 e. The van der Waals surface area contributed by atoms with Crippen LogP contribution in [-0.2, 0) is 14.1 Å². The SMILES string of the molecule is COc1ccc(-c2c3nc(c(-c4ccc(OC)cc4)c4ccc(c(-c5ccc(OC)cc5)c5nc(c(-c6ccc(OC)cc6)c6ccc2n6C)C=C5)n4C)C=C3)cc1. The Labute approximate surface area is 337 Å². The van der Waals surface area contributed by atoms with Gasteiger partial charge in [0.05, 0.1) is 73.3 Å². The second-order valence-electron chi connectivity index (χ2n) is 14.2. The minimum absolute atomic E-state index is 0.787. The first kappa shape index (κ1) is 36.3. The van der Waals surface area contributed by atoms with Gasteiger partial charge < -0.3 is 28.1 Å². The van der Waals surface area contributed by atoms with E-state index in [1.165, 1.54) is 0 Å². The number of fused-ring (bicyclic) bond motifs is 8. The molecule has 0 amide bonds. The van der Waals surface area contributed by atoms with Crippen molar-refractivity contribution in [3.63, 3.8) is 0 Å². The topological polar surface area (TPSA) is 72.6 Å². The molecule has 58 heavy (non-hydrogen) atoms. The number of hydrogen-bond donors (Lipinski definition) is 0. The Hall–Kier alpha value is -7.32. The Balaban J connectivity index is 1.48. The first-order chi connectivity index (χ1) is 28.4. The van der Waals surface area contributed by atoms with Gasteiger partial charge in [0.25, 0.3) is 0 Å². The summed E-state index contributed by atoms with van der Waals surface area (Å²) in [7, 11) is 11.0. The molecule has 8 heteroatoms. The molecular formula is C50H42N4O4. The van der Waals surface area contributed by atoms with Gasteiger partial charge in [-0.15, -0.1) is 0 Å². The fraction of sp³-hybridized carbons (Fsp3) is 0.120. The molecule has 0 fully saturated rings. The monoisotopic (exact) mass is 762 g/mol. The Bertz CT molecular complexity index is 2530. The highest BCUT2D eigenvalue weighted by Gasteiger charge is 2.21. The molecule has 0 N–H and O–H groups in total.